The van der Waals surface area contributed by atoms with Gasteiger partial charge in [-0.1, -0.05) is 142 Å². The fourth-order valence-corrected chi connectivity index (χ4v) is 5.49. The van der Waals surface area contributed by atoms with Crippen LogP contribution in [0.25, 0.3) is 0 Å². The average Bonchev–Trinajstić information content (AvgIpc) is 3.42. The van der Waals surface area contributed by atoms with Crippen LogP contribution >= 0.6 is 0 Å². The lowest BCUT2D eigenvalue weighted by atomic mass is 10.1. The minimum absolute atomic E-state index is 0.00558. The fraction of sp³-hybridized carbons (Fsp3) is 0.846. The van der Waals surface area contributed by atoms with Gasteiger partial charge in [0.15, 0.2) is 0 Å². The Morgan fingerprint density at radius 1 is 0.660 bits per heavy atom. The normalized spacial score (nSPS) is 13.1. The second kappa shape index (κ2) is 34.6. The second-order valence-corrected chi connectivity index (χ2v) is 13.5. The zero-order chi connectivity index (χ0) is 37.1. The summed E-state index contributed by atoms with van der Waals surface area (Å²) in [6, 6.07) is 0. The zero-order valence-electron chi connectivity index (χ0n) is 31.5. The van der Waals surface area contributed by atoms with Crippen LogP contribution in [0, 0.1) is 0 Å². The van der Waals surface area contributed by atoms with Crippen molar-refractivity contribution in [1.29, 1.82) is 0 Å². The number of hydrogen-bond acceptors (Lipinski definition) is 9. The topological polar surface area (TPSA) is 156 Å². The van der Waals surface area contributed by atoms with Gasteiger partial charge in [-0.2, -0.15) is 0 Å². The van der Waals surface area contributed by atoms with E-state index in [-0.39, 0.29) is 44.8 Å². The molecule has 0 bridgehead atoms. The standard InChI is InChI=1S/C25H42N2O8.C14H28O/c1-2-3-4-5-6-7-8-9-10-11-12-13-24(32)34-19-20(28)18-26-21(29)14-17-25(33)35-27-22(30)15-16-23(27)31;1-2-3-4-5-6-7-8-9-10-11-12-13-14-15/h20,28H,2-19H2,1H3,(H,26,29);14H,2-13H2,1H3. The monoisotopic (exact) mass is 711 g/mol. The van der Waals surface area contributed by atoms with Gasteiger partial charge in [-0.15, -0.1) is 5.06 Å². The third-order valence-electron chi connectivity index (χ3n) is 8.64. The number of aliphatic hydroxyl groups is 1. The van der Waals surface area contributed by atoms with Gasteiger partial charge in [0.25, 0.3) is 11.8 Å². The predicted octanol–water partition coefficient (Wildman–Crippen LogP) is 7.98. The molecule has 0 aromatic heterocycles. The van der Waals surface area contributed by atoms with Gasteiger partial charge in [-0.25, -0.2) is 4.79 Å². The first-order valence-corrected chi connectivity index (χ1v) is 19.9. The average molecular weight is 711 g/mol. The minimum atomic E-state index is -1.06. The van der Waals surface area contributed by atoms with Gasteiger partial charge >= 0.3 is 11.9 Å². The number of hydroxylamine groups is 2. The smallest absolute Gasteiger partial charge is 0.333 e. The Bertz CT molecular complexity index is 896. The van der Waals surface area contributed by atoms with E-state index in [0.29, 0.717) is 11.5 Å². The molecule has 1 saturated heterocycles. The molecule has 0 saturated carbocycles. The molecule has 2 N–H and O–H groups in total. The van der Waals surface area contributed by atoms with Crippen molar-refractivity contribution in [3.05, 3.63) is 0 Å². The molecule has 0 spiro atoms. The van der Waals surface area contributed by atoms with E-state index in [4.69, 9.17) is 4.74 Å². The molecule has 1 aliphatic heterocycles. The number of unbranched alkanes of at least 4 members (excludes halogenated alkanes) is 21. The molecule has 1 atom stereocenters. The molecule has 50 heavy (non-hydrogen) atoms. The number of rotatable bonds is 32. The Labute approximate surface area is 302 Å². The molecule has 0 radical (unpaired) electrons. The van der Waals surface area contributed by atoms with Gasteiger partial charge in [0.2, 0.25) is 5.91 Å². The maximum atomic E-state index is 11.8. The number of esters is 1. The van der Waals surface area contributed by atoms with E-state index < -0.39 is 29.8 Å². The minimum Gasteiger partial charge on any atom is -0.463 e. The number of ether oxygens (including phenoxy) is 1. The number of carbonyl (C=O) groups is 6. The molecule has 290 valence electrons. The van der Waals surface area contributed by atoms with E-state index >= 15 is 0 Å². The first-order valence-electron chi connectivity index (χ1n) is 19.9. The van der Waals surface area contributed by atoms with Crippen LogP contribution < -0.4 is 5.32 Å². The molecule has 1 fully saturated rings. The number of nitrogens with zero attached hydrogens (tertiary/aromatic N) is 1. The number of hydrogen-bond donors (Lipinski definition) is 2. The number of aliphatic hydroxyl groups excluding tert-OH is 1. The van der Waals surface area contributed by atoms with Crippen molar-refractivity contribution >= 4 is 35.9 Å². The lowest BCUT2D eigenvalue weighted by Crippen LogP contribution is -2.36. The maximum absolute atomic E-state index is 11.8. The van der Waals surface area contributed by atoms with E-state index in [1.54, 1.807) is 0 Å². The Kier molecular flexibility index (Phi) is 32.7. The van der Waals surface area contributed by atoms with Crippen molar-refractivity contribution in [2.45, 2.75) is 200 Å². The highest BCUT2D eigenvalue weighted by molar-refractivity contribution is 6.01. The first-order chi connectivity index (χ1) is 24.2. The number of carbonyl (C=O) groups excluding carboxylic acids is 6. The quantitative estimate of drug-likeness (QED) is 0.0306. The molecule has 0 aromatic carbocycles. The molecule has 0 aliphatic carbocycles. The molecule has 3 amide bonds. The van der Waals surface area contributed by atoms with Crippen LogP contribution in [0.4, 0.5) is 0 Å². The van der Waals surface area contributed by atoms with Crippen LogP contribution in [-0.4, -0.2) is 65.4 Å². The predicted molar refractivity (Wildman–Crippen MR) is 195 cm³/mol. The zero-order valence-corrected chi connectivity index (χ0v) is 31.5. The molecule has 1 aliphatic rings. The van der Waals surface area contributed by atoms with E-state index in [2.05, 4.69) is 24.0 Å². The highest BCUT2D eigenvalue weighted by atomic mass is 16.7. The SMILES string of the molecule is CCCCCCCCCCCCCC(=O)OCC(O)CNC(=O)CCC(=O)ON1C(=O)CCC1=O.CCCCCCCCCCCCCC=O. The highest BCUT2D eigenvalue weighted by Crippen LogP contribution is 2.14. The van der Waals surface area contributed by atoms with E-state index in [0.717, 1.165) is 38.4 Å². The highest BCUT2D eigenvalue weighted by Gasteiger charge is 2.32. The summed E-state index contributed by atoms with van der Waals surface area (Å²) < 4.78 is 5.04. The maximum Gasteiger partial charge on any atom is 0.333 e. The molecular formula is C39H70N2O9. The van der Waals surface area contributed by atoms with Gasteiger partial charge in [0, 0.05) is 38.6 Å². The summed E-state index contributed by atoms with van der Waals surface area (Å²) >= 11 is 0. The van der Waals surface area contributed by atoms with Crippen molar-refractivity contribution in [1.82, 2.24) is 10.4 Å². The van der Waals surface area contributed by atoms with Crippen molar-refractivity contribution in [3.8, 4) is 0 Å². The van der Waals surface area contributed by atoms with Crippen molar-refractivity contribution < 1.29 is 43.4 Å². The summed E-state index contributed by atoms with van der Waals surface area (Å²) in [5, 5.41) is 12.7. The summed E-state index contributed by atoms with van der Waals surface area (Å²) in [6.45, 7) is 4.12. The van der Waals surface area contributed by atoms with Crippen LogP contribution in [0.15, 0.2) is 0 Å². The second-order valence-electron chi connectivity index (χ2n) is 13.5. The fourth-order valence-electron chi connectivity index (χ4n) is 5.49. The Morgan fingerprint density at radius 3 is 1.56 bits per heavy atom. The molecule has 1 heterocycles. The molecule has 0 aromatic rings. The van der Waals surface area contributed by atoms with Gasteiger partial charge in [0.05, 0.1) is 6.42 Å². The van der Waals surface area contributed by atoms with Gasteiger partial charge < -0.3 is 24.8 Å². The summed E-state index contributed by atoms with van der Waals surface area (Å²) in [4.78, 5) is 72.8. The Balaban J connectivity index is 0.00000134. The van der Waals surface area contributed by atoms with E-state index in [1.807, 2.05) is 0 Å². The summed E-state index contributed by atoms with van der Waals surface area (Å²) in [5.74, 6) is -2.95. The number of amides is 3. The van der Waals surface area contributed by atoms with Gasteiger partial charge in [-0.3, -0.25) is 19.2 Å². The summed E-state index contributed by atoms with van der Waals surface area (Å²) in [6.07, 6.45) is 28.5. The van der Waals surface area contributed by atoms with Crippen LogP contribution in [0.1, 0.15) is 194 Å². The van der Waals surface area contributed by atoms with Gasteiger partial charge in [-0.05, 0) is 12.8 Å². The number of nitrogens with one attached hydrogen (secondary N) is 1. The van der Waals surface area contributed by atoms with Gasteiger partial charge in [0.1, 0.15) is 19.0 Å². The third kappa shape index (κ3) is 30.0. The lowest BCUT2D eigenvalue weighted by molar-refractivity contribution is -0.197. The number of imide groups is 1. The molecule has 1 rings (SSSR count). The summed E-state index contributed by atoms with van der Waals surface area (Å²) in [7, 11) is 0. The lowest BCUT2D eigenvalue weighted by Gasteiger charge is -2.13. The van der Waals surface area contributed by atoms with Crippen molar-refractivity contribution in [3.63, 3.8) is 0 Å². The molecule has 11 nitrogen and oxygen atoms in total. The van der Waals surface area contributed by atoms with Crippen molar-refractivity contribution in [2.24, 2.45) is 0 Å². The van der Waals surface area contributed by atoms with E-state index in [9.17, 15) is 33.9 Å². The number of aldehydes is 1. The van der Waals surface area contributed by atoms with Crippen LogP contribution in [0.2, 0.25) is 0 Å². The van der Waals surface area contributed by atoms with Crippen LogP contribution in [-0.2, 0) is 38.3 Å². The first kappa shape index (κ1) is 47.2. The third-order valence-corrected chi connectivity index (χ3v) is 8.64. The molecule has 11 heteroatoms. The van der Waals surface area contributed by atoms with E-state index in [1.165, 1.54) is 116 Å². The van der Waals surface area contributed by atoms with Crippen LogP contribution in [0.3, 0.4) is 0 Å². The van der Waals surface area contributed by atoms with Crippen molar-refractivity contribution in [2.75, 3.05) is 13.2 Å². The largest absolute Gasteiger partial charge is 0.463 e. The molecular weight excluding hydrogens is 640 g/mol. The summed E-state index contributed by atoms with van der Waals surface area (Å²) in [5.41, 5.74) is 0. The Hall–Kier alpha value is -2.82. The Morgan fingerprint density at radius 2 is 1.10 bits per heavy atom. The molecule has 1 unspecified atom stereocenters. The van der Waals surface area contributed by atoms with Crippen LogP contribution in [0.5, 0.6) is 0 Å².